The molecule has 7 heteroatoms. The van der Waals surface area contributed by atoms with Gasteiger partial charge in [-0.05, 0) is 31.8 Å². The highest BCUT2D eigenvalue weighted by atomic mass is 32.2. The van der Waals surface area contributed by atoms with Crippen molar-refractivity contribution in [2.45, 2.75) is 45.5 Å². The van der Waals surface area contributed by atoms with E-state index in [1.54, 1.807) is 20.8 Å². The maximum atomic E-state index is 12.2. The Bertz CT molecular complexity index is 432. The summed E-state index contributed by atoms with van der Waals surface area (Å²) in [4.78, 5) is 0. The lowest BCUT2D eigenvalue weighted by molar-refractivity contribution is -0.0534. The Morgan fingerprint density at radius 3 is 2.24 bits per heavy atom. The molecule has 0 heterocycles. The molecule has 1 aliphatic rings. The summed E-state index contributed by atoms with van der Waals surface area (Å²) < 4.78 is 62.9. The fourth-order valence-electron chi connectivity index (χ4n) is 1.94. The minimum atomic E-state index is -5.56. The molecule has 0 spiro atoms. The molecule has 0 aromatic heterocycles. The van der Waals surface area contributed by atoms with Crippen molar-refractivity contribution in [2.75, 3.05) is 0 Å². The van der Waals surface area contributed by atoms with Crippen molar-refractivity contribution in [3.63, 3.8) is 0 Å². The van der Waals surface area contributed by atoms with Crippen LogP contribution in [0.2, 0.25) is 0 Å². The van der Waals surface area contributed by atoms with Crippen LogP contribution in [0.4, 0.5) is 13.2 Å². The van der Waals surface area contributed by atoms with E-state index in [2.05, 4.69) is 4.18 Å². The molecule has 0 saturated carbocycles. The van der Waals surface area contributed by atoms with Gasteiger partial charge in [0.1, 0.15) is 5.76 Å². The monoisotopic (exact) mass is 272 g/mol. The van der Waals surface area contributed by atoms with Crippen molar-refractivity contribution in [1.29, 1.82) is 0 Å². The van der Waals surface area contributed by atoms with E-state index in [-0.39, 0.29) is 5.76 Å². The third-order valence-electron chi connectivity index (χ3n) is 2.83. The number of hydrogen-bond acceptors (Lipinski definition) is 3. The van der Waals surface area contributed by atoms with E-state index in [4.69, 9.17) is 0 Å². The largest absolute Gasteiger partial charge is 0.534 e. The van der Waals surface area contributed by atoms with Gasteiger partial charge in [-0.1, -0.05) is 13.8 Å². The first kappa shape index (κ1) is 14.3. The average Bonchev–Trinajstić information content (AvgIpc) is 2.09. The lowest BCUT2D eigenvalue weighted by Gasteiger charge is -2.33. The van der Waals surface area contributed by atoms with Crippen molar-refractivity contribution in [3.8, 4) is 0 Å². The summed E-state index contributed by atoms with van der Waals surface area (Å²) in [6, 6.07) is 0. The van der Waals surface area contributed by atoms with Gasteiger partial charge in [-0.15, -0.1) is 0 Å². The zero-order chi connectivity index (χ0) is 13.5. The second-order valence-electron chi connectivity index (χ2n) is 4.83. The van der Waals surface area contributed by atoms with E-state index in [1.165, 1.54) is 0 Å². The Kier molecular flexibility index (Phi) is 3.53. The molecule has 1 aliphatic carbocycles. The quantitative estimate of drug-likeness (QED) is 0.572. The van der Waals surface area contributed by atoms with Crippen LogP contribution in [-0.2, 0) is 14.3 Å². The minimum Gasteiger partial charge on any atom is -0.380 e. The number of hydrogen-bond donors (Lipinski definition) is 0. The Labute approximate surface area is 98.8 Å². The van der Waals surface area contributed by atoms with Crippen molar-refractivity contribution in [3.05, 3.63) is 11.3 Å². The highest BCUT2D eigenvalue weighted by Gasteiger charge is 2.50. The maximum absolute atomic E-state index is 12.2. The van der Waals surface area contributed by atoms with E-state index >= 15 is 0 Å². The third kappa shape index (κ3) is 2.94. The molecule has 17 heavy (non-hydrogen) atoms. The molecule has 0 atom stereocenters. The van der Waals surface area contributed by atoms with E-state index in [0.717, 1.165) is 6.42 Å². The Morgan fingerprint density at radius 1 is 1.29 bits per heavy atom. The van der Waals surface area contributed by atoms with Gasteiger partial charge in [-0.25, -0.2) is 0 Å². The first-order valence-corrected chi connectivity index (χ1v) is 6.59. The summed E-state index contributed by atoms with van der Waals surface area (Å²) in [5.41, 5.74) is -5.50. The van der Waals surface area contributed by atoms with Crippen molar-refractivity contribution in [1.82, 2.24) is 0 Å². The first-order chi connectivity index (χ1) is 7.47. The van der Waals surface area contributed by atoms with Crippen molar-refractivity contribution >= 4 is 10.1 Å². The highest BCUT2D eigenvalue weighted by molar-refractivity contribution is 7.87. The predicted octanol–water partition coefficient (Wildman–Crippen LogP) is 3.34. The number of rotatable bonds is 2. The van der Waals surface area contributed by atoms with Gasteiger partial charge in [-0.3, -0.25) is 0 Å². The highest BCUT2D eigenvalue weighted by Crippen LogP contribution is 2.43. The summed E-state index contributed by atoms with van der Waals surface area (Å²) >= 11 is 0. The fourth-order valence-corrected chi connectivity index (χ4v) is 2.62. The van der Waals surface area contributed by atoms with Gasteiger partial charge in [0.2, 0.25) is 0 Å². The molecule has 3 nitrogen and oxygen atoms in total. The van der Waals surface area contributed by atoms with Crippen LogP contribution in [0.25, 0.3) is 0 Å². The minimum absolute atomic E-state index is 0.0684. The Balaban J connectivity index is 3.10. The molecule has 0 N–H and O–H groups in total. The number of halogens is 3. The average molecular weight is 272 g/mol. The van der Waals surface area contributed by atoms with Crippen molar-refractivity contribution < 1.29 is 25.8 Å². The number of allylic oxidation sites excluding steroid dienone is 2. The molecule has 0 radical (unpaired) electrons. The molecule has 0 saturated heterocycles. The zero-order valence-corrected chi connectivity index (χ0v) is 10.7. The molecule has 0 fully saturated rings. The van der Waals surface area contributed by atoms with Crippen LogP contribution >= 0.6 is 0 Å². The molecule has 0 bridgehead atoms. The van der Waals surface area contributed by atoms with Gasteiger partial charge in [0.25, 0.3) is 0 Å². The lowest BCUT2D eigenvalue weighted by atomic mass is 9.78. The molecule has 0 aromatic carbocycles. The molecule has 0 aliphatic heterocycles. The third-order valence-corrected chi connectivity index (χ3v) is 3.79. The standard InChI is InChI=1S/C10H15F3O3S/c1-7-5-4-6-9(2,3)8(7)16-17(14,15)10(11,12)13/h4-6H2,1-3H3. The van der Waals surface area contributed by atoms with Gasteiger partial charge in [0, 0.05) is 5.41 Å². The van der Waals surface area contributed by atoms with Crippen LogP contribution in [0.5, 0.6) is 0 Å². The van der Waals surface area contributed by atoms with Crippen molar-refractivity contribution in [2.24, 2.45) is 5.41 Å². The van der Waals surface area contributed by atoms with Gasteiger partial charge in [0.15, 0.2) is 0 Å². The molecule has 100 valence electrons. The van der Waals surface area contributed by atoms with Crippen LogP contribution in [0, 0.1) is 5.41 Å². The molecular formula is C10H15F3O3S. The summed E-state index contributed by atoms with van der Waals surface area (Å²) in [5.74, 6) is -0.0684. The van der Waals surface area contributed by atoms with Gasteiger partial charge in [-0.2, -0.15) is 21.6 Å². The fraction of sp³-hybridized carbons (Fsp3) is 0.800. The second kappa shape index (κ2) is 4.19. The number of alkyl halides is 3. The Hall–Kier alpha value is -0.720. The molecule has 0 aromatic rings. The molecule has 1 rings (SSSR count). The predicted molar refractivity (Wildman–Crippen MR) is 56.4 cm³/mol. The van der Waals surface area contributed by atoms with Gasteiger partial charge in [0.05, 0.1) is 0 Å². The second-order valence-corrected chi connectivity index (χ2v) is 6.37. The van der Waals surface area contributed by atoms with Crippen LogP contribution in [0.1, 0.15) is 40.0 Å². The SMILES string of the molecule is CC1=C(OS(=O)(=O)C(F)(F)F)C(C)(C)CCC1. The van der Waals surface area contributed by atoms with E-state index in [1.807, 2.05) is 0 Å². The van der Waals surface area contributed by atoms with E-state index < -0.39 is 21.0 Å². The summed E-state index contributed by atoms with van der Waals surface area (Å²) in [7, 11) is -5.56. The Morgan fingerprint density at radius 2 is 1.82 bits per heavy atom. The summed E-state index contributed by atoms with van der Waals surface area (Å²) in [6.07, 6.45) is 1.98. The van der Waals surface area contributed by atoms with E-state index in [9.17, 15) is 21.6 Å². The zero-order valence-electron chi connectivity index (χ0n) is 9.89. The molecular weight excluding hydrogens is 257 g/mol. The van der Waals surface area contributed by atoms with E-state index in [0.29, 0.717) is 18.4 Å². The van der Waals surface area contributed by atoms with Gasteiger partial charge >= 0.3 is 15.6 Å². The van der Waals surface area contributed by atoms with Crippen LogP contribution in [-0.4, -0.2) is 13.9 Å². The summed E-state index contributed by atoms with van der Waals surface area (Å²) in [5, 5.41) is 0. The normalized spacial score (nSPS) is 21.5. The smallest absolute Gasteiger partial charge is 0.380 e. The summed E-state index contributed by atoms with van der Waals surface area (Å²) in [6.45, 7) is 4.95. The van der Waals surface area contributed by atoms with Crippen LogP contribution in [0.15, 0.2) is 11.3 Å². The maximum Gasteiger partial charge on any atom is 0.534 e. The van der Waals surface area contributed by atoms with Crippen LogP contribution < -0.4 is 0 Å². The van der Waals surface area contributed by atoms with Crippen LogP contribution in [0.3, 0.4) is 0 Å². The first-order valence-electron chi connectivity index (χ1n) is 5.18. The topological polar surface area (TPSA) is 43.4 Å². The molecule has 0 unspecified atom stereocenters. The lowest BCUT2D eigenvalue weighted by Crippen LogP contribution is -2.31. The molecule has 0 amide bonds. The van der Waals surface area contributed by atoms with Gasteiger partial charge < -0.3 is 4.18 Å².